The van der Waals surface area contributed by atoms with Crippen LogP contribution in [0.3, 0.4) is 0 Å². The van der Waals surface area contributed by atoms with Gasteiger partial charge in [-0.15, -0.1) is 0 Å². The van der Waals surface area contributed by atoms with Crippen LogP contribution >= 0.6 is 0 Å². The molecule has 190 valence electrons. The summed E-state index contributed by atoms with van der Waals surface area (Å²) in [7, 11) is 0. The standard InChI is InChI=1S/C32H50O2/c1-19(2)22-12-15-32(21(4)33)17-16-30(8)23(26(22)32)10-11-25-29(7)18-20(3)27(34)28(5,6)24(29)13-14-31(25,30)9/h20,22-26H,1,10-18H2,2-9H3/t20?,22-,23?,24-,25+,26?,29-,30+,31+,32+/m0/s1. The number of hydrogen-bond acceptors (Lipinski definition) is 2. The van der Waals surface area contributed by atoms with Crippen molar-refractivity contribution in [3.8, 4) is 0 Å². The van der Waals surface area contributed by atoms with Crippen LogP contribution in [0.4, 0.5) is 0 Å². The number of rotatable bonds is 2. The average molecular weight is 467 g/mol. The van der Waals surface area contributed by atoms with E-state index in [4.69, 9.17) is 0 Å². The van der Waals surface area contributed by atoms with E-state index in [1.807, 2.05) is 6.92 Å². The van der Waals surface area contributed by atoms with Gasteiger partial charge >= 0.3 is 0 Å². The van der Waals surface area contributed by atoms with Crippen molar-refractivity contribution in [2.45, 2.75) is 113 Å². The molecule has 2 heteroatoms. The van der Waals surface area contributed by atoms with Crippen molar-refractivity contribution in [3.05, 3.63) is 12.2 Å². The summed E-state index contributed by atoms with van der Waals surface area (Å²) < 4.78 is 0. The molecule has 0 saturated heterocycles. The van der Waals surface area contributed by atoms with Crippen molar-refractivity contribution in [2.75, 3.05) is 0 Å². The second-order valence-electron chi connectivity index (χ2n) is 15.1. The second kappa shape index (κ2) is 7.32. The van der Waals surface area contributed by atoms with Gasteiger partial charge in [0, 0.05) is 16.7 Å². The van der Waals surface area contributed by atoms with Gasteiger partial charge in [-0.3, -0.25) is 9.59 Å². The molecule has 0 radical (unpaired) electrons. The fourth-order valence-corrected chi connectivity index (χ4v) is 12.1. The van der Waals surface area contributed by atoms with E-state index in [0.717, 1.165) is 25.7 Å². The molecule has 0 aromatic carbocycles. The maximum absolute atomic E-state index is 13.3. The van der Waals surface area contributed by atoms with E-state index in [-0.39, 0.29) is 33.0 Å². The third-order valence-electron chi connectivity index (χ3n) is 13.7. The van der Waals surface area contributed by atoms with Crippen molar-refractivity contribution in [1.29, 1.82) is 0 Å². The van der Waals surface area contributed by atoms with Gasteiger partial charge in [0.2, 0.25) is 0 Å². The first-order valence-corrected chi connectivity index (χ1v) is 14.4. The van der Waals surface area contributed by atoms with E-state index in [9.17, 15) is 9.59 Å². The number of fused-ring (bicyclic) bond motifs is 7. The Bertz CT molecular complexity index is 929. The van der Waals surface area contributed by atoms with Gasteiger partial charge < -0.3 is 0 Å². The zero-order valence-electron chi connectivity index (χ0n) is 23.4. The van der Waals surface area contributed by atoms with Crippen LogP contribution in [0.15, 0.2) is 12.2 Å². The van der Waals surface area contributed by atoms with E-state index in [1.54, 1.807) is 0 Å². The molecule has 0 amide bonds. The summed E-state index contributed by atoms with van der Waals surface area (Å²) in [5, 5.41) is 0. The molecule has 0 aromatic rings. The lowest BCUT2D eigenvalue weighted by atomic mass is 9.32. The van der Waals surface area contributed by atoms with E-state index in [0.29, 0.717) is 41.2 Å². The van der Waals surface area contributed by atoms with E-state index < -0.39 is 0 Å². The maximum Gasteiger partial charge on any atom is 0.141 e. The summed E-state index contributed by atoms with van der Waals surface area (Å²) in [5.74, 6) is 3.89. The number of ketones is 2. The SMILES string of the molecule is C=C(C)[C@@H]1CC[C@]2(C(C)=O)CC[C@]3(C)C(CC[C@@H]4[C@@]5(C)CC(C)C(=O)C(C)(C)[C@@H]5CC[C@]43C)C12. The Hall–Kier alpha value is -0.920. The highest BCUT2D eigenvalue weighted by Crippen LogP contribution is 2.77. The molecule has 5 saturated carbocycles. The van der Waals surface area contributed by atoms with Crippen LogP contribution < -0.4 is 0 Å². The molecule has 5 aliphatic carbocycles. The van der Waals surface area contributed by atoms with Crippen molar-refractivity contribution in [1.82, 2.24) is 0 Å². The largest absolute Gasteiger partial charge is 0.299 e. The molecule has 0 aliphatic heterocycles. The monoisotopic (exact) mass is 466 g/mol. The minimum Gasteiger partial charge on any atom is -0.299 e. The molecular formula is C32H50O2. The van der Waals surface area contributed by atoms with Gasteiger partial charge in [0.1, 0.15) is 11.6 Å². The fourth-order valence-electron chi connectivity index (χ4n) is 12.1. The molecule has 5 aliphatic rings. The van der Waals surface area contributed by atoms with Crippen molar-refractivity contribution >= 4 is 11.6 Å². The highest BCUT2D eigenvalue weighted by Gasteiger charge is 2.71. The number of allylic oxidation sites excluding steroid dienone is 1. The summed E-state index contributed by atoms with van der Waals surface area (Å²) in [6.45, 7) is 23.1. The van der Waals surface area contributed by atoms with E-state index in [2.05, 4.69) is 55.0 Å². The van der Waals surface area contributed by atoms with E-state index in [1.165, 1.54) is 37.7 Å². The van der Waals surface area contributed by atoms with Gasteiger partial charge in [0.05, 0.1) is 0 Å². The highest BCUT2D eigenvalue weighted by atomic mass is 16.1. The van der Waals surface area contributed by atoms with Crippen LogP contribution in [0, 0.1) is 62.6 Å². The number of carbonyl (C=O) groups excluding carboxylic acids is 2. The van der Waals surface area contributed by atoms with Crippen molar-refractivity contribution < 1.29 is 9.59 Å². The predicted molar refractivity (Wildman–Crippen MR) is 139 cm³/mol. The van der Waals surface area contributed by atoms with Crippen LogP contribution in [0.25, 0.3) is 0 Å². The summed E-state index contributed by atoms with van der Waals surface area (Å²) in [6.07, 6.45) is 10.5. The van der Waals surface area contributed by atoms with Crippen LogP contribution in [-0.2, 0) is 9.59 Å². The van der Waals surface area contributed by atoms with Crippen LogP contribution in [-0.4, -0.2) is 11.6 Å². The van der Waals surface area contributed by atoms with Gasteiger partial charge in [0.15, 0.2) is 0 Å². The Labute approximate surface area is 209 Å². The molecule has 0 bridgehead atoms. The molecule has 2 nitrogen and oxygen atoms in total. The van der Waals surface area contributed by atoms with Gasteiger partial charge in [-0.25, -0.2) is 0 Å². The summed E-state index contributed by atoms with van der Waals surface area (Å²) in [4.78, 5) is 26.5. The van der Waals surface area contributed by atoms with Gasteiger partial charge in [-0.05, 0) is 117 Å². The molecule has 3 unspecified atom stereocenters. The Morgan fingerprint density at radius 1 is 0.853 bits per heavy atom. The first-order chi connectivity index (χ1) is 15.7. The Balaban J connectivity index is 1.58. The molecule has 0 heterocycles. The van der Waals surface area contributed by atoms with Gasteiger partial charge in [-0.2, -0.15) is 0 Å². The molecule has 0 N–H and O–H groups in total. The molecule has 34 heavy (non-hydrogen) atoms. The van der Waals surface area contributed by atoms with Crippen molar-refractivity contribution in [2.24, 2.45) is 62.6 Å². The third kappa shape index (κ3) is 2.75. The molecule has 0 spiro atoms. The molecule has 5 rings (SSSR count). The molecular weight excluding hydrogens is 416 g/mol. The van der Waals surface area contributed by atoms with E-state index >= 15 is 0 Å². The lowest BCUT2D eigenvalue weighted by Gasteiger charge is -2.72. The fraction of sp³-hybridized carbons (Fsp3) is 0.875. The minimum atomic E-state index is -0.210. The zero-order chi connectivity index (χ0) is 25.1. The second-order valence-corrected chi connectivity index (χ2v) is 15.1. The maximum atomic E-state index is 13.3. The van der Waals surface area contributed by atoms with Crippen LogP contribution in [0.2, 0.25) is 0 Å². The predicted octanol–water partition coefficient (Wildman–Crippen LogP) is 8.05. The number of hydrogen-bond donors (Lipinski definition) is 0. The molecule has 5 fully saturated rings. The van der Waals surface area contributed by atoms with Crippen LogP contribution in [0.5, 0.6) is 0 Å². The Morgan fingerprint density at radius 3 is 2.15 bits per heavy atom. The van der Waals surface area contributed by atoms with Crippen molar-refractivity contribution in [3.63, 3.8) is 0 Å². The normalized spacial score (nSPS) is 53.8. The average Bonchev–Trinajstić information content (AvgIpc) is 3.14. The quantitative estimate of drug-likeness (QED) is 0.386. The van der Waals surface area contributed by atoms with Gasteiger partial charge in [0.25, 0.3) is 0 Å². The smallest absolute Gasteiger partial charge is 0.141 e. The molecule has 0 aromatic heterocycles. The lowest BCUT2D eigenvalue weighted by molar-refractivity contribution is -0.235. The zero-order valence-corrected chi connectivity index (χ0v) is 23.4. The first-order valence-electron chi connectivity index (χ1n) is 14.4. The third-order valence-corrected chi connectivity index (χ3v) is 13.7. The number of carbonyl (C=O) groups is 2. The molecule has 10 atom stereocenters. The Kier molecular flexibility index (Phi) is 5.33. The minimum absolute atomic E-state index is 0.105. The summed E-state index contributed by atoms with van der Waals surface area (Å²) >= 11 is 0. The Morgan fingerprint density at radius 2 is 1.53 bits per heavy atom. The van der Waals surface area contributed by atoms with Gasteiger partial charge in [-0.1, -0.05) is 53.7 Å². The lowest BCUT2D eigenvalue weighted by Crippen LogP contribution is -2.67. The van der Waals surface area contributed by atoms with Crippen LogP contribution in [0.1, 0.15) is 113 Å². The topological polar surface area (TPSA) is 34.1 Å². The summed E-state index contributed by atoms with van der Waals surface area (Å²) in [5.41, 5.74) is 1.77. The first kappa shape index (κ1) is 24.8. The number of Topliss-reactive ketones (excluding diaryl/α,β-unsaturated/α-hetero) is 2. The summed E-state index contributed by atoms with van der Waals surface area (Å²) in [6, 6.07) is 0. The highest BCUT2D eigenvalue weighted by molar-refractivity contribution is 5.87.